The highest BCUT2D eigenvalue weighted by Crippen LogP contribution is 2.11. The van der Waals surface area contributed by atoms with Crippen molar-refractivity contribution in [2.45, 2.75) is 0 Å². The quantitative estimate of drug-likeness (QED) is 0.384. The summed E-state index contributed by atoms with van der Waals surface area (Å²) in [7, 11) is -1.74. The number of phenols is 1. The summed E-state index contributed by atoms with van der Waals surface area (Å²) in [5.74, 6) is -0.254. The van der Waals surface area contributed by atoms with Gasteiger partial charge in [0.05, 0.1) is 5.56 Å². The Morgan fingerprint density at radius 1 is 1.33 bits per heavy atom. The molecule has 0 aromatic heterocycles. The normalized spacial score (nSPS) is 9.50. The Labute approximate surface area is 69.2 Å². The fourth-order valence-corrected chi connectivity index (χ4v) is 0.924. The van der Waals surface area contributed by atoms with E-state index in [1.807, 2.05) is 0 Å². The first-order valence-corrected chi connectivity index (χ1v) is 3.30. The molecule has 0 saturated heterocycles. The first-order valence-electron chi connectivity index (χ1n) is 3.30. The van der Waals surface area contributed by atoms with E-state index < -0.39 is 7.12 Å². The Balaban J connectivity index is 3.27. The molecule has 0 bridgehead atoms. The highest BCUT2D eigenvalue weighted by atomic mass is 16.4. The van der Waals surface area contributed by atoms with Gasteiger partial charge in [0.15, 0.2) is 6.29 Å². The molecular weight excluding hydrogens is 159 g/mol. The van der Waals surface area contributed by atoms with E-state index in [1.54, 1.807) is 0 Å². The summed E-state index contributed by atoms with van der Waals surface area (Å²) < 4.78 is 0. The minimum atomic E-state index is -1.74. The fourth-order valence-electron chi connectivity index (χ4n) is 0.924. The lowest BCUT2D eigenvalue weighted by molar-refractivity contribution is 0.112. The van der Waals surface area contributed by atoms with E-state index in [0.29, 0.717) is 6.29 Å². The van der Waals surface area contributed by atoms with Gasteiger partial charge < -0.3 is 15.2 Å². The van der Waals surface area contributed by atoms with Crippen molar-refractivity contribution < 1.29 is 19.9 Å². The summed E-state index contributed by atoms with van der Waals surface area (Å²) in [5, 5.41) is 26.6. The second-order valence-corrected chi connectivity index (χ2v) is 2.27. The summed E-state index contributed by atoms with van der Waals surface area (Å²) in [6.07, 6.45) is 0.379. The molecule has 0 spiro atoms. The standard InChI is InChI=1S/C7H7BO4/c9-4-5-6(8(11)12)2-1-3-7(5)10/h1-4,10-12H. The van der Waals surface area contributed by atoms with Crippen LogP contribution in [-0.2, 0) is 0 Å². The summed E-state index contributed by atoms with van der Waals surface area (Å²) in [6.45, 7) is 0. The molecule has 62 valence electrons. The van der Waals surface area contributed by atoms with Crippen LogP contribution < -0.4 is 5.46 Å². The number of hydrogen-bond acceptors (Lipinski definition) is 4. The van der Waals surface area contributed by atoms with E-state index in [9.17, 15) is 4.79 Å². The van der Waals surface area contributed by atoms with Gasteiger partial charge in [0.2, 0.25) is 0 Å². The van der Waals surface area contributed by atoms with Crippen molar-refractivity contribution in [3.63, 3.8) is 0 Å². The van der Waals surface area contributed by atoms with Gasteiger partial charge in [-0.2, -0.15) is 0 Å². The summed E-state index contributed by atoms with van der Waals surface area (Å²) >= 11 is 0. The molecule has 12 heavy (non-hydrogen) atoms. The number of aromatic hydroxyl groups is 1. The van der Waals surface area contributed by atoms with Crippen LogP contribution in [0.3, 0.4) is 0 Å². The van der Waals surface area contributed by atoms with Crippen molar-refractivity contribution in [3.8, 4) is 5.75 Å². The molecule has 0 amide bonds. The lowest BCUT2D eigenvalue weighted by Crippen LogP contribution is -2.32. The van der Waals surface area contributed by atoms with Gasteiger partial charge in [0.1, 0.15) is 5.75 Å². The van der Waals surface area contributed by atoms with Crippen molar-refractivity contribution >= 4 is 18.9 Å². The average Bonchev–Trinajstić information content (AvgIpc) is 2.03. The number of rotatable bonds is 2. The fraction of sp³-hybridized carbons (Fsp3) is 0. The van der Waals surface area contributed by atoms with Crippen LogP contribution in [0.1, 0.15) is 10.4 Å². The van der Waals surface area contributed by atoms with Crippen molar-refractivity contribution in [1.82, 2.24) is 0 Å². The molecule has 0 heterocycles. The topological polar surface area (TPSA) is 77.8 Å². The van der Waals surface area contributed by atoms with E-state index >= 15 is 0 Å². The van der Waals surface area contributed by atoms with Crippen LogP contribution in [0.2, 0.25) is 0 Å². The largest absolute Gasteiger partial charge is 0.507 e. The van der Waals surface area contributed by atoms with E-state index in [-0.39, 0.29) is 16.8 Å². The van der Waals surface area contributed by atoms with Crippen LogP contribution in [0, 0.1) is 0 Å². The van der Waals surface area contributed by atoms with Crippen molar-refractivity contribution in [1.29, 1.82) is 0 Å². The van der Waals surface area contributed by atoms with Crippen LogP contribution in [0.5, 0.6) is 5.75 Å². The van der Waals surface area contributed by atoms with Gasteiger partial charge in [0, 0.05) is 0 Å². The average molecular weight is 166 g/mol. The summed E-state index contributed by atoms with van der Waals surface area (Å²) in [4.78, 5) is 10.4. The van der Waals surface area contributed by atoms with Gasteiger partial charge in [-0.3, -0.25) is 4.79 Å². The number of phenolic OH excluding ortho intramolecular Hbond substituents is 1. The van der Waals surface area contributed by atoms with Crippen molar-refractivity contribution in [2.75, 3.05) is 0 Å². The molecule has 0 fully saturated rings. The van der Waals surface area contributed by atoms with E-state index in [1.165, 1.54) is 18.2 Å². The van der Waals surface area contributed by atoms with Gasteiger partial charge in [-0.05, 0) is 11.5 Å². The second-order valence-electron chi connectivity index (χ2n) is 2.27. The molecule has 1 aromatic carbocycles. The number of carbonyl (C=O) groups excluding carboxylic acids is 1. The summed E-state index contributed by atoms with van der Waals surface area (Å²) in [5.41, 5.74) is -0.0856. The Morgan fingerprint density at radius 2 is 2.00 bits per heavy atom. The van der Waals surface area contributed by atoms with E-state index in [0.717, 1.165) is 0 Å². The molecule has 0 aliphatic rings. The van der Waals surface area contributed by atoms with E-state index in [4.69, 9.17) is 15.2 Å². The highest BCUT2D eigenvalue weighted by molar-refractivity contribution is 6.60. The zero-order chi connectivity index (χ0) is 9.14. The number of benzene rings is 1. The zero-order valence-electron chi connectivity index (χ0n) is 6.14. The number of hydrogen-bond donors (Lipinski definition) is 3. The number of aldehydes is 1. The molecule has 0 aliphatic heterocycles. The molecule has 4 nitrogen and oxygen atoms in total. The summed E-state index contributed by atoms with van der Waals surface area (Å²) in [6, 6.07) is 4.08. The SMILES string of the molecule is O=Cc1c(O)cccc1B(O)O. The molecule has 3 N–H and O–H groups in total. The molecular formula is C7H7BO4. The maximum absolute atomic E-state index is 10.4. The molecule has 0 radical (unpaired) electrons. The first kappa shape index (κ1) is 8.77. The monoisotopic (exact) mass is 166 g/mol. The maximum Gasteiger partial charge on any atom is 0.489 e. The smallest absolute Gasteiger partial charge is 0.489 e. The third-order valence-electron chi connectivity index (χ3n) is 1.51. The van der Waals surface area contributed by atoms with Crippen LogP contribution in [-0.4, -0.2) is 28.6 Å². The van der Waals surface area contributed by atoms with E-state index in [2.05, 4.69) is 0 Å². The third kappa shape index (κ3) is 1.47. The zero-order valence-corrected chi connectivity index (χ0v) is 6.14. The van der Waals surface area contributed by atoms with Crippen LogP contribution in [0.15, 0.2) is 18.2 Å². The van der Waals surface area contributed by atoms with Crippen LogP contribution in [0.25, 0.3) is 0 Å². The minimum absolute atomic E-state index is 0.00463. The van der Waals surface area contributed by atoms with Crippen molar-refractivity contribution in [3.05, 3.63) is 23.8 Å². The van der Waals surface area contributed by atoms with Gasteiger partial charge in [-0.15, -0.1) is 0 Å². The molecule has 5 heteroatoms. The van der Waals surface area contributed by atoms with Gasteiger partial charge in [-0.25, -0.2) is 0 Å². The van der Waals surface area contributed by atoms with Crippen LogP contribution >= 0.6 is 0 Å². The van der Waals surface area contributed by atoms with Crippen LogP contribution in [0.4, 0.5) is 0 Å². The van der Waals surface area contributed by atoms with Crippen molar-refractivity contribution in [2.24, 2.45) is 0 Å². The minimum Gasteiger partial charge on any atom is -0.507 e. The maximum atomic E-state index is 10.4. The molecule has 1 rings (SSSR count). The lowest BCUT2D eigenvalue weighted by atomic mass is 9.77. The predicted octanol–water partition coefficient (Wildman–Crippen LogP) is -1.12. The molecule has 0 unspecified atom stereocenters. The molecule has 1 aromatic rings. The van der Waals surface area contributed by atoms with Gasteiger partial charge in [0.25, 0.3) is 0 Å². The Kier molecular flexibility index (Phi) is 2.47. The molecule has 0 saturated carbocycles. The molecule has 0 atom stereocenters. The predicted molar refractivity (Wildman–Crippen MR) is 43.3 cm³/mol. The first-order chi connectivity index (χ1) is 5.66. The second kappa shape index (κ2) is 3.38. The Morgan fingerprint density at radius 3 is 2.42 bits per heavy atom. The third-order valence-corrected chi connectivity index (χ3v) is 1.51. The van der Waals surface area contributed by atoms with Gasteiger partial charge in [-0.1, -0.05) is 12.1 Å². The Hall–Kier alpha value is -1.33. The number of carbonyl (C=O) groups is 1. The molecule has 0 aliphatic carbocycles. The van der Waals surface area contributed by atoms with Gasteiger partial charge >= 0.3 is 7.12 Å². The lowest BCUT2D eigenvalue weighted by Gasteiger charge is -2.03. The highest BCUT2D eigenvalue weighted by Gasteiger charge is 2.17. The Bertz CT molecular complexity index is 297.